The first-order valence-electron chi connectivity index (χ1n) is 5.94. The number of hydrogen-bond acceptors (Lipinski definition) is 7. The van der Waals surface area contributed by atoms with Crippen molar-refractivity contribution in [3.8, 4) is 0 Å². The van der Waals surface area contributed by atoms with Gasteiger partial charge in [-0.1, -0.05) is 5.16 Å². The van der Waals surface area contributed by atoms with Gasteiger partial charge in [0.25, 0.3) is 0 Å². The summed E-state index contributed by atoms with van der Waals surface area (Å²) in [6.45, 7) is 1.55. The number of aliphatic carboxylic acids is 1. The summed E-state index contributed by atoms with van der Waals surface area (Å²) in [5, 5.41) is 12.0. The Morgan fingerprint density at radius 1 is 1.40 bits per heavy atom. The van der Waals surface area contributed by atoms with Crippen LogP contribution in [0.2, 0.25) is 0 Å². The van der Waals surface area contributed by atoms with Crippen LogP contribution in [0.15, 0.2) is 18.9 Å². The molecule has 110 valence electrons. The second-order valence-electron chi connectivity index (χ2n) is 4.24. The quantitative estimate of drug-likeness (QED) is 0.471. The van der Waals surface area contributed by atoms with Crippen molar-refractivity contribution in [1.29, 1.82) is 0 Å². The molecule has 3 N–H and O–H groups in total. The molecule has 1 aromatic heterocycles. The fourth-order valence-electron chi connectivity index (χ4n) is 1.58. The number of aryl methyl sites for hydroxylation is 1. The first-order chi connectivity index (χ1) is 9.34. The van der Waals surface area contributed by atoms with E-state index in [2.05, 4.69) is 9.68 Å². The van der Waals surface area contributed by atoms with E-state index < -0.39 is 28.6 Å². The largest absolute Gasteiger partial charge is 0.480 e. The molecule has 9 heteroatoms. The van der Waals surface area contributed by atoms with Crippen LogP contribution in [0.4, 0.5) is 0 Å². The number of aromatic nitrogens is 2. The Morgan fingerprint density at radius 2 is 2.05 bits per heavy atom. The number of rotatable bonds is 6. The van der Waals surface area contributed by atoms with Crippen molar-refractivity contribution in [2.45, 2.75) is 38.8 Å². The molecule has 1 heterocycles. The van der Waals surface area contributed by atoms with Gasteiger partial charge in [0.2, 0.25) is 0 Å². The maximum Gasteiger partial charge on any atom is 0.411 e. The van der Waals surface area contributed by atoms with Gasteiger partial charge in [-0.3, -0.25) is 19.0 Å². The fourth-order valence-corrected chi connectivity index (χ4v) is 1.58. The van der Waals surface area contributed by atoms with Crippen molar-refractivity contribution in [2.75, 3.05) is 0 Å². The third-order valence-electron chi connectivity index (χ3n) is 2.74. The molecule has 0 saturated carbocycles. The summed E-state index contributed by atoms with van der Waals surface area (Å²) in [6, 6.07) is -0.962. The second kappa shape index (κ2) is 6.75. The van der Waals surface area contributed by atoms with Gasteiger partial charge in [-0.2, -0.15) is 0 Å². The van der Waals surface area contributed by atoms with E-state index in [1.54, 1.807) is 0 Å². The van der Waals surface area contributed by atoms with E-state index in [0.717, 1.165) is 4.57 Å². The van der Waals surface area contributed by atoms with E-state index in [-0.39, 0.29) is 18.8 Å². The summed E-state index contributed by atoms with van der Waals surface area (Å²) in [6.07, 6.45) is 1.12. The van der Waals surface area contributed by atoms with Crippen molar-refractivity contribution in [1.82, 2.24) is 9.72 Å². The van der Waals surface area contributed by atoms with Crippen molar-refractivity contribution < 1.29 is 14.4 Å². The molecule has 0 saturated heterocycles. The molecule has 0 aliphatic rings. The zero-order chi connectivity index (χ0) is 15.3. The van der Waals surface area contributed by atoms with Crippen LogP contribution < -0.4 is 22.3 Å². The summed E-state index contributed by atoms with van der Waals surface area (Å²) in [4.78, 5) is 44.5. The predicted octanol–water partition coefficient (Wildman–Crippen LogP) is -1.55. The smallest absolute Gasteiger partial charge is 0.411 e. The molecule has 1 aromatic rings. The molecule has 1 rings (SSSR count). The van der Waals surface area contributed by atoms with Gasteiger partial charge in [-0.15, -0.1) is 0 Å². The normalized spacial score (nSPS) is 12.1. The Labute approximate surface area is 112 Å². The van der Waals surface area contributed by atoms with E-state index in [9.17, 15) is 19.2 Å². The highest BCUT2D eigenvalue weighted by molar-refractivity contribution is 5.72. The average molecular weight is 285 g/mol. The number of carboxylic acid groups (broad SMARTS) is 1. The van der Waals surface area contributed by atoms with E-state index in [0.29, 0.717) is 12.8 Å². The Bertz CT molecular complexity index is 662. The van der Waals surface area contributed by atoms with Crippen molar-refractivity contribution in [3.63, 3.8) is 0 Å². The van der Waals surface area contributed by atoms with Crippen LogP contribution in [0.25, 0.3) is 0 Å². The fraction of sp³-hybridized carbons (Fsp3) is 0.545. The number of unbranched alkanes of at least 4 members (excludes halogenated alkanes) is 1. The van der Waals surface area contributed by atoms with E-state index >= 15 is 0 Å². The third-order valence-corrected chi connectivity index (χ3v) is 2.74. The van der Waals surface area contributed by atoms with Crippen molar-refractivity contribution in [2.24, 2.45) is 5.73 Å². The minimum Gasteiger partial charge on any atom is -0.480 e. The highest BCUT2D eigenvalue weighted by Crippen LogP contribution is 2.01. The molecule has 9 nitrogen and oxygen atoms in total. The standard InChI is InChI=1S/C11H15N3O6/c1-6-13-20-11(19)8(15)9(16)14(6)5-3-2-4-7(12)10(17)18/h7H,2-5,12H2,1H3,(H,17,18)/t7-/m0/s1. The summed E-state index contributed by atoms with van der Waals surface area (Å²) in [7, 11) is 0. The molecule has 0 unspecified atom stereocenters. The molecule has 0 amide bonds. The molecule has 0 aromatic carbocycles. The van der Waals surface area contributed by atoms with Crippen LogP contribution >= 0.6 is 0 Å². The Balaban J connectivity index is 2.80. The van der Waals surface area contributed by atoms with Crippen LogP contribution in [-0.4, -0.2) is 26.8 Å². The Hall–Kier alpha value is -2.29. The zero-order valence-corrected chi connectivity index (χ0v) is 10.9. The maximum atomic E-state index is 11.7. The third kappa shape index (κ3) is 3.85. The van der Waals surface area contributed by atoms with E-state index in [4.69, 9.17) is 10.8 Å². The van der Waals surface area contributed by atoms with Gasteiger partial charge in [0.1, 0.15) is 11.9 Å². The van der Waals surface area contributed by atoms with Gasteiger partial charge >= 0.3 is 22.6 Å². The highest BCUT2D eigenvalue weighted by atomic mass is 16.5. The molecule has 0 aliphatic carbocycles. The summed E-state index contributed by atoms with van der Waals surface area (Å²) in [5.41, 5.74) is 1.73. The number of nitrogens with two attached hydrogens (primary N) is 1. The lowest BCUT2D eigenvalue weighted by Crippen LogP contribution is -2.40. The Kier molecular flexibility index (Phi) is 5.32. The minimum absolute atomic E-state index is 0.0942. The lowest BCUT2D eigenvalue weighted by molar-refractivity contribution is -0.138. The monoisotopic (exact) mass is 285 g/mol. The van der Waals surface area contributed by atoms with E-state index in [1.807, 2.05) is 0 Å². The summed E-state index contributed by atoms with van der Waals surface area (Å²) in [5.74, 6) is -1.00. The molecule has 20 heavy (non-hydrogen) atoms. The van der Waals surface area contributed by atoms with Crippen LogP contribution in [0.1, 0.15) is 25.1 Å². The maximum absolute atomic E-state index is 11.7. The lowest BCUT2D eigenvalue weighted by atomic mass is 10.1. The topological polar surface area (TPSA) is 145 Å². The molecule has 0 fully saturated rings. The second-order valence-corrected chi connectivity index (χ2v) is 4.24. The molecule has 0 bridgehead atoms. The van der Waals surface area contributed by atoms with Gasteiger partial charge in [0, 0.05) is 6.54 Å². The first-order valence-corrected chi connectivity index (χ1v) is 5.94. The molecule has 0 spiro atoms. The van der Waals surface area contributed by atoms with Crippen molar-refractivity contribution in [3.05, 3.63) is 36.8 Å². The highest BCUT2D eigenvalue weighted by Gasteiger charge is 2.11. The molecule has 0 radical (unpaired) electrons. The number of nitrogens with zero attached hydrogens (tertiary/aromatic N) is 2. The van der Waals surface area contributed by atoms with Gasteiger partial charge in [0.15, 0.2) is 0 Å². The van der Waals surface area contributed by atoms with Gasteiger partial charge in [-0.25, -0.2) is 4.79 Å². The SMILES string of the molecule is Cc1noc(=O)c(=O)c(=O)n1CCCC[C@H](N)C(=O)O. The van der Waals surface area contributed by atoms with Gasteiger partial charge < -0.3 is 15.4 Å². The number of carbonyl (C=O) groups is 1. The summed E-state index contributed by atoms with van der Waals surface area (Å²) >= 11 is 0. The molecular formula is C11H15N3O6. The number of carboxylic acids is 1. The molecular weight excluding hydrogens is 270 g/mol. The zero-order valence-electron chi connectivity index (χ0n) is 10.9. The Morgan fingerprint density at radius 3 is 2.65 bits per heavy atom. The lowest BCUT2D eigenvalue weighted by Gasteiger charge is -2.07. The first kappa shape index (κ1) is 15.8. The van der Waals surface area contributed by atoms with Gasteiger partial charge in [-0.05, 0) is 26.2 Å². The molecule has 1 atom stereocenters. The molecule has 0 aliphatic heterocycles. The van der Waals surface area contributed by atoms with Crippen LogP contribution in [-0.2, 0) is 11.3 Å². The minimum atomic E-state index is -1.32. The predicted molar refractivity (Wildman–Crippen MR) is 67.5 cm³/mol. The van der Waals surface area contributed by atoms with Crippen LogP contribution in [0, 0.1) is 6.92 Å². The van der Waals surface area contributed by atoms with Crippen LogP contribution in [0.3, 0.4) is 0 Å². The summed E-state index contributed by atoms with van der Waals surface area (Å²) < 4.78 is 5.27. The van der Waals surface area contributed by atoms with Crippen LogP contribution in [0.5, 0.6) is 0 Å². The van der Waals surface area contributed by atoms with Crippen molar-refractivity contribution >= 4 is 5.97 Å². The average Bonchev–Trinajstić information content (AvgIpc) is 2.49. The van der Waals surface area contributed by atoms with Gasteiger partial charge in [0.05, 0.1) is 0 Å². The number of hydrogen-bond donors (Lipinski definition) is 2. The van der Waals surface area contributed by atoms with E-state index in [1.165, 1.54) is 6.92 Å².